The predicted octanol–water partition coefficient (Wildman–Crippen LogP) is 1.56. The molecule has 1 aromatic heterocycles. The quantitative estimate of drug-likeness (QED) is 0.626. The summed E-state index contributed by atoms with van der Waals surface area (Å²) in [4.78, 5) is 26.7. The smallest absolute Gasteiger partial charge is 0.316 e. The van der Waals surface area contributed by atoms with Gasteiger partial charge in [-0.25, -0.2) is 0 Å². The normalized spacial score (nSPS) is 14.9. The Morgan fingerprint density at radius 3 is 2.71 bits per heavy atom. The first-order valence-electron chi connectivity index (χ1n) is 7.20. The average Bonchev–Trinajstić information content (AvgIpc) is 2.54. The van der Waals surface area contributed by atoms with E-state index in [-0.39, 0.29) is 11.7 Å². The van der Waals surface area contributed by atoms with E-state index in [0.29, 0.717) is 23.7 Å². The predicted molar refractivity (Wildman–Crippen MR) is 82.8 cm³/mol. The molecule has 1 N–H and O–H groups in total. The number of ether oxygens (including phenoxy) is 1. The summed E-state index contributed by atoms with van der Waals surface area (Å²) in [6, 6.07) is 0. The molecule has 0 unspecified atom stereocenters. The Hall–Kier alpha value is -1.57. The number of hydrogen-bond donors (Lipinski definition) is 1. The maximum atomic E-state index is 11.4. The van der Waals surface area contributed by atoms with Crippen LogP contribution >= 0.6 is 11.8 Å². The fourth-order valence-corrected chi connectivity index (χ4v) is 2.71. The number of piperidine rings is 1. The van der Waals surface area contributed by atoms with Crippen molar-refractivity contribution in [3.8, 4) is 0 Å². The SMILES string of the molecule is CCOC(=O)CSc1nc(NC)nc(N2CCCCC2)n1. The Morgan fingerprint density at radius 2 is 2.05 bits per heavy atom. The number of esters is 1. The van der Waals surface area contributed by atoms with E-state index in [2.05, 4.69) is 25.2 Å². The van der Waals surface area contributed by atoms with Crippen molar-refractivity contribution >= 4 is 29.6 Å². The van der Waals surface area contributed by atoms with Crippen LogP contribution in [-0.4, -0.2) is 53.4 Å². The van der Waals surface area contributed by atoms with Gasteiger partial charge in [0, 0.05) is 20.1 Å². The zero-order chi connectivity index (χ0) is 15.1. The Kier molecular flexibility index (Phi) is 6.04. The van der Waals surface area contributed by atoms with Crippen LogP contribution in [0.25, 0.3) is 0 Å². The van der Waals surface area contributed by atoms with Crippen molar-refractivity contribution in [1.82, 2.24) is 15.0 Å². The van der Waals surface area contributed by atoms with Crippen LogP contribution in [0.15, 0.2) is 5.16 Å². The Balaban J connectivity index is 2.07. The summed E-state index contributed by atoms with van der Waals surface area (Å²) >= 11 is 1.27. The lowest BCUT2D eigenvalue weighted by Crippen LogP contribution is -2.31. The molecule has 1 aromatic rings. The van der Waals surface area contributed by atoms with Crippen LogP contribution in [0.5, 0.6) is 0 Å². The van der Waals surface area contributed by atoms with Gasteiger partial charge in [0.05, 0.1) is 12.4 Å². The van der Waals surface area contributed by atoms with Crippen LogP contribution in [0.3, 0.4) is 0 Å². The molecule has 7 nitrogen and oxygen atoms in total. The van der Waals surface area contributed by atoms with Crippen molar-refractivity contribution in [1.29, 1.82) is 0 Å². The van der Waals surface area contributed by atoms with Crippen LogP contribution in [0, 0.1) is 0 Å². The summed E-state index contributed by atoms with van der Waals surface area (Å²) in [5, 5.41) is 3.49. The first kappa shape index (κ1) is 15.8. The van der Waals surface area contributed by atoms with Gasteiger partial charge in [-0.15, -0.1) is 0 Å². The zero-order valence-corrected chi connectivity index (χ0v) is 13.3. The monoisotopic (exact) mass is 311 g/mol. The van der Waals surface area contributed by atoms with Crippen LogP contribution in [-0.2, 0) is 9.53 Å². The van der Waals surface area contributed by atoms with Gasteiger partial charge in [-0.2, -0.15) is 15.0 Å². The van der Waals surface area contributed by atoms with Crippen molar-refractivity contribution in [3.63, 3.8) is 0 Å². The molecule has 1 aliphatic heterocycles. The van der Waals surface area contributed by atoms with Gasteiger partial charge < -0.3 is 15.0 Å². The number of aromatic nitrogens is 3. The lowest BCUT2D eigenvalue weighted by Gasteiger charge is -2.26. The molecule has 0 atom stereocenters. The molecule has 1 aliphatic rings. The number of hydrogen-bond acceptors (Lipinski definition) is 8. The second kappa shape index (κ2) is 8.02. The molecule has 0 aliphatic carbocycles. The molecule has 8 heteroatoms. The van der Waals surface area contributed by atoms with E-state index >= 15 is 0 Å². The summed E-state index contributed by atoms with van der Waals surface area (Å²) in [6.45, 7) is 4.11. The number of anilines is 2. The minimum atomic E-state index is -0.256. The molecule has 0 spiro atoms. The first-order chi connectivity index (χ1) is 10.2. The topological polar surface area (TPSA) is 80.2 Å². The van der Waals surface area contributed by atoms with E-state index in [1.165, 1.54) is 18.2 Å². The molecule has 21 heavy (non-hydrogen) atoms. The van der Waals surface area contributed by atoms with E-state index in [9.17, 15) is 4.79 Å². The highest BCUT2D eigenvalue weighted by atomic mass is 32.2. The van der Waals surface area contributed by atoms with Gasteiger partial charge in [-0.05, 0) is 26.2 Å². The number of nitrogens with one attached hydrogen (secondary N) is 1. The lowest BCUT2D eigenvalue weighted by atomic mass is 10.1. The molecule has 1 saturated heterocycles. The van der Waals surface area contributed by atoms with Crippen LogP contribution < -0.4 is 10.2 Å². The number of nitrogens with zero attached hydrogens (tertiary/aromatic N) is 4. The average molecular weight is 311 g/mol. The largest absolute Gasteiger partial charge is 0.465 e. The second-order valence-electron chi connectivity index (χ2n) is 4.63. The highest BCUT2D eigenvalue weighted by Gasteiger charge is 2.16. The molecule has 0 saturated carbocycles. The molecule has 0 radical (unpaired) electrons. The second-order valence-corrected chi connectivity index (χ2v) is 5.58. The van der Waals surface area contributed by atoms with E-state index in [0.717, 1.165) is 25.9 Å². The summed E-state index contributed by atoms with van der Waals surface area (Å²) in [5.41, 5.74) is 0. The van der Waals surface area contributed by atoms with E-state index < -0.39 is 0 Å². The van der Waals surface area contributed by atoms with Gasteiger partial charge in [-0.1, -0.05) is 11.8 Å². The van der Waals surface area contributed by atoms with Crippen molar-refractivity contribution in [2.75, 3.05) is 42.7 Å². The molecule has 2 heterocycles. The molecule has 0 amide bonds. The van der Waals surface area contributed by atoms with Crippen LogP contribution in [0.4, 0.5) is 11.9 Å². The lowest BCUT2D eigenvalue weighted by molar-refractivity contribution is -0.139. The summed E-state index contributed by atoms with van der Waals surface area (Å²) in [6.07, 6.45) is 3.57. The van der Waals surface area contributed by atoms with Gasteiger partial charge in [0.25, 0.3) is 0 Å². The standard InChI is InChI=1S/C13H21N5O2S/c1-3-20-10(19)9-21-13-16-11(14-2)15-12(17-13)18-7-5-4-6-8-18/h3-9H2,1-2H3,(H,14,15,16,17). The molecule has 0 aromatic carbocycles. The third kappa shape index (κ3) is 4.73. The molecular weight excluding hydrogens is 290 g/mol. The highest BCUT2D eigenvalue weighted by Crippen LogP contribution is 2.21. The fraction of sp³-hybridized carbons (Fsp3) is 0.692. The third-order valence-electron chi connectivity index (χ3n) is 3.09. The van der Waals surface area contributed by atoms with Crippen molar-refractivity contribution < 1.29 is 9.53 Å². The summed E-state index contributed by atoms with van der Waals surface area (Å²) in [5.74, 6) is 1.16. The highest BCUT2D eigenvalue weighted by molar-refractivity contribution is 7.99. The summed E-state index contributed by atoms with van der Waals surface area (Å²) in [7, 11) is 1.77. The number of carbonyl (C=O) groups is 1. The zero-order valence-electron chi connectivity index (χ0n) is 12.5. The van der Waals surface area contributed by atoms with E-state index in [1.54, 1.807) is 14.0 Å². The van der Waals surface area contributed by atoms with Crippen LogP contribution in [0.2, 0.25) is 0 Å². The third-order valence-corrected chi connectivity index (χ3v) is 3.91. The maximum absolute atomic E-state index is 11.4. The Bertz CT molecular complexity index is 480. The maximum Gasteiger partial charge on any atom is 0.316 e. The van der Waals surface area contributed by atoms with Crippen molar-refractivity contribution in [2.24, 2.45) is 0 Å². The van der Waals surface area contributed by atoms with Crippen molar-refractivity contribution in [3.05, 3.63) is 0 Å². The minimum absolute atomic E-state index is 0.209. The first-order valence-corrected chi connectivity index (χ1v) is 8.18. The van der Waals surface area contributed by atoms with Gasteiger partial charge in [0.15, 0.2) is 5.16 Å². The molecule has 116 valence electrons. The van der Waals surface area contributed by atoms with E-state index in [4.69, 9.17) is 4.74 Å². The van der Waals surface area contributed by atoms with Gasteiger partial charge >= 0.3 is 5.97 Å². The van der Waals surface area contributed by atoms with Gasteiger partial charge in [0.1, 0.15) is 0 Å². The van der Waals surface area contributed by atoms with Gasteiger partial charge in [-0.3, -0.25) is 4.79 Å². The molecule has 2 rings (SSSR count). The summed E-state index contributed by atoms with van der Waals surface area (Å²) < 4.78 is 4.91. The van der Waals surface area contributed by atoms with Crippen molar-refractivity contribution in [2.45, 2.75) is 31.3 Å². The fourth-order valence-electron chi connectivity index (χ4n) is 2.08. The number of carbonyl (C=O) groups excluding carboxylic acids is 1. The van der Waals surface area contributed by atoms with Gasteiger partial charge in [0.2, 0.25) is 11.9 Å². The molecule has 0 bridgehead atoms. The minimum Gasteiger partial charge on any atom is -0.465 e. The Morgan fingerprint density at radius 1 is 1.29 bits per heavy atom. The number of thioether (sulfide) groups is 1. The number of rotatable bonds is 6. The van der Waals surface area contributed by atoms with Crippen LogP contribution in [0.1, 0.15) is 26.2 Å². The molecule has 1 fully saturated rings. The molecular formula is C13H21N5O2S. The van der Waals surface area contributed by atoms with E-state index in [1.807, 2.05) is 0 Å². The Labute approximate surface area is 128 Å².